The van der Waals surface area contributed by atoms with Gasteiger partial charge in [0.25, 0.3) is 5.91 Å². The SMILES string of the molecule is COc1cc(S(=O)(=O)N2CCOCC2)cc(C(=O)NCC2CNC2)c1OC.Cl. The number of ether oxygens (including phenoxy) is 3. The van der Waals surface area contributed by atoms with Gasteiger partial charge in [-0.25, -0.2) is 8.42 Å². The number of rotatable bonds is 7. The minimum absolute atomic E-state index is 0. The second-order valence-electron chi connectivity index (χ2n) is 6.46. The van der Waals surface area contributed by atoms with Crippen LogP contribution < -0.4 is 20.1 Å². The van der Waals surface area contributed by atoms with E-state index in [9.17, 15) is 13.2 Å². The maximum Gasteiger partial charge on any atom is 0.255 e. The first kappa shape index (κ1) is 22.7. The predicted octanol–water partition coefficient (Wildman–Crippen LogP) is 0.0957. The molecule has 1 aromatic rings. The summed E-state index contributed by atoms with van der Waals surface area (Å²) in [6.07, 6.45) is 0. The van der Waals surface area contributed by atoms with Crippen molar-refractivity contribution in [2.24, 2.45) is 5.92 Å². The van der Waals surface area contributed by atoms with Crippen LogP contribution in [-0.4, -0.2) is 78.8 Å². The Hall–Kier alpha value is -1.59. The minimum Gasteiger partial charge on any atom is -0.493 e. The molecule has 2 aliphatic heterocycles. The van der Waals surface area contributed by atoms with Gasteiger partial charge in [0.05, 0.1) is 37.9 Å². The highest BCUT2D eigenvalue weighted by Crippen LogP contribution is 2.35. The van der Waals surface area contributed by atoms with Crippen molar-refractivity contribution in [2.75, 3.05) is 60.2 Å². The number of nitrogens with one attached hydrogen (secondary N) is 2. The lowest BCUT2D eigenvalue weighted by Crippen LogP contribution is -2.48. The highest BCUT2D eigenvalue weighted by Gasteiger charge is 2.30. The van der Waals surface area contributed by atoms with E-state index in [-0.39, 0.29) is 47.5 Å². The number of benzene rings is 1. The molecule has 0 saturated carbocycles. The second kappa shape index (κ2) is 9.75. The zero-order valence-corrected chi connectivity index (χ0v) is 17.5. The summed E-state index contributed by atoms with van der Waals surface area (Å²) in [6.45, 7) is 3.44. The molecule has 1 amide bonds. The molecule has 1 aromatic carbocycles. The van der Waals surface area contributed by atoms with Gasteiger partial charge in [-0.1, -0.05) is 0 Å². The van der Waals surface area contributed by atoms with E-state index in [1.54, 1.807) is 0 Å². The number of morpholine rings is 1. The number of amides is 1. The molecule has 0 aromatic heterocycles. The summed E-state index contributed by atoms with van der Waals surface area (Å²) in [5, 5.41) is 5.98. The number of hydrogen-bond donors (Lipinski definition) is 2. The minimum atomic E-state index is -3.77. The molecule has 2 N–H and O–H groups in total. The number of carbonyl (C=O) groups excluding carboxylic acids is 1. The van der Waals surface area contributed by atoms with E-state index in [2.05, 4.69) is 10.6 Å². The molecule has 2 fully saturated rings. The van der Waals surface area contributed by atoms with Gasteiger partial charge in [0.2, 0.25) is 10.0 Å². The first-order valence-corrected chi connectivity index (χ1v) is 10.2. The van der Waals surface area contributed by atoms with Crippen molar-refractivity contribution in [3.63, 3.8) is 0 Å². The number of halogens is 1. The summed E-state index contributed by atoms with van der Waals surface area (Å²) in [6, 6.07) is 2.73. The Kier molecular flexibility index (Phi) is 7.90. The van der Waals surface area contributed by atoms with E-state index >= 15 is 0 Å². The highest BCUT2D eigenvalue weighted by molar-refractivity contribution is 7.89. The molecule has 2 saturated heterocycles. The van der Waals surface area contributed by atoms with Crippen LogP contribution in [0.1, 0.15) is 10.4 Å². The van der Waals surface area contributed by atoms with Crippen LogP contribution in [0.2, 0.25) is 0 Å². The Labute approximate surface area is 171 Å². The van der Waals surface area contributed by atoms with Crippen molar-refractivity contribution < 1.29 is 27.4 Å². The fourth-order valence-corrected chi connectivity index (χ4v) is 4.47. The summed E-state index contributed by atoms with van der Waals surface area (Å²) >= 11 is 0. The monoisotopic (exact) mass is 435 g/mol. The molecule has 2 heterocycles. The third-order valence-corrected chi connectivity index (χ3v) is 6.60. The average Bonchev–Trinajstić information content (AvgIpc) is 2.66. The topological polar surface area (TPSA) is 106 Å². The van der Waals surface area contributed by atoms with Gasteiger partial charge in [0.1, 0.15) is 0 Å². The van der Waals surface area contributed by atoms with Crippen molar-refractivity contribution in [1.29, 1.82) is 0 Å². The molecule has 3 rings (SSSR count). The van der Waals surface area contributed by atoms with E-state index in [0.717, 1.165) is 13.1 Å². The van der Waals surface area contributed by atoms with Gasteiger partial charge in [-0.15, -0.1) is 12.4 Å². The molecule has 2 aliphatic rings. The molecule has 0 radical (unpaired) electrons. The summed E-state index contributed by atoms with van der Waals surface area (Å²) in [5.74, 6) is 0.392. The third-order valence-electron chi connectivity index (χ3n) is 4.72. The fraction of sp³-hybridized carbons (Fsp3) is 0.588. The molecule has 0 spiro atoms. The molecule has 158 valence electrons. The van der Waals surface area contributed by atoms with Crippen LogP contribution in [0.25, 0.3) is 0 Å². The zero-order chi connectivity index (χ0) is 19.4. The summed E-state index contributed by atoms with van der Waals surface area (Å²) in [7, 11) is -0.948. The molecule has 0 unspecified atom stereocenters. The Morgan fingerprint density at radius 2 is 1.93 bits per heavy atom. The highest BCUT2D eigenvalue weighted by atomic mass is 35.5. The summed E-state index contributed by atoms with van der Waals surface area (Å²) < 4.78 is 43.1. The Morgan fingerprint density at radius 1 is 1.25 bits per heavy atom. The van der Waals surface area contributed by atoms with Crippen LogP contribution in [0, 0.1) is 5.92 Å². The summed E-state index contributed by atoms with van der Waals surface area (Å²) in [5.41, 5.74) is 0.135. The molecular weight excluding hydrogens is 410 g/mol. The van der Waals surface area contributed by atoms with Crippen LogP contribution in [0.3, 0.4) is 0 Å². The van der Waals surface area contributed by atoms with E-state index in [4.69, 9.17) is 14.2 Å². The van der Waals surface area contributed by atoms with E-state index in [0.29, 0.717) is 25.7 Å². The first-order chi connectivity index (χ1) is 13.0. The molecule has 0 bridgehead atoms. The van der Waals surface area contributed by atoms with Crippen LogP contribution in [0.4, 0.5) is 0 Å². The van der Waals surface area contributed by atoms with Crippen LogP contribution in [0.5, 0.6) is 11.5 Å². The van der Waals surface area contributed by atoms with Gasteiger partial charge in [0, 0.05) is 44.7 Å². The van der Waals surface area contributed by atoms with E-state index in [1.165, 1.54) is 30.7 Å². The first-order valence-electron chi connectivity index (χ1n) is 8.80. The van der Waals surface area contributed by atoms with E-state index in [1.807, 2.05) is 0 Å². The lowest BCUT2D eigenvalue weighted by atomic mass is 10.0. The van der Waals surface area contributed by atoms with Crippen LogP contribution in [-0.2, 0) is 14.8 Å². The van der Waals surface area contributed by atoms with Crippen LogP contribution >= 0.6 is 12.4 Å². The van der Waals surface area contributed by atoms with Crippen molar-refractivity contribution >= 4 is 28.3 Å². The van der Waals surface area contributed by atoms with Gasteiger partial charge in [0.15, 0.2) is 11.5 Å². The Bertz CT molecular complexity index is 794. The molecule has 11 heteroatoms. The van der Waals surface area contributed by atoms with E-state index < -0.39 is 15.9 Å². The zero-order valence-electron chi connectivity index (χ0n) is 15.9. The predicted molar refractivity (Wildman–Crippen MR) is 105 cm³/mol. The number of carbonyl (C=O) groups is 1. The maximum absolute atomic E-state index is 13.0. The number of methoxy groups -OCH3 is 2. The summed E-state index contributed by atoms with van der Waals surface area (Å²) in [4.78, 5) is 12.7. The molecule has 9 nitrogen and oxygen atoms in total. The maximum atomic E-state index is 13.0. The van der Waals surface area contributed by atoms with Crippen molar-refractivity contribution in [3.8, 4) is 11.5 Å². The lowest BCUT2D eigenvalue weighted by molar-refractivity contribution is 0.0730. The van der Waals surface area contributed by atoms with Gasteiger partial charge in [-0.3, -0.25) is 4.79 Å². The molecule has 0 atom stereocenters. The third kappa shape index (κ3) is 4.69. The van der Waals surface area contributed by atoms with Crippen LogP contribution in [0.15, 0.2) is 17.0 Å². The van der Waals surface area contributed by atoms with Crippen molar-refractivity contribution in [2.45, 2.75) is 4.90 Å². The Morgan fingerprint density at radius 3 is 2.46 bits per heavy atom. The number of nitrogens with zero attached hydrogens (tertiary/aromatic N) is 1. The molecule has 0 aliphatic carbocycles. The van der Waals surface area contributed by atoms with Gasteiger partial charge >= 0.3 is 0 Å². The molecule has 28 heavy (non-hydrogen) atoms. The Balaban J connectivity index is 0.00000280. The molecular formula is C17H26ClN3O6S. The van der Waals surface area contributed by atoms with Gasteiger partial charge in [-0.05, 0) is 6.07 Å². The number of hydrogen-bond acceptors (Lipinski definition) is 7. The second-order valence-corrected chi connectivity index (χ2v) is 8.40. The van der Waals surface area contributed by atoms with Gasteiger partial charge < -0.3 is 24.8 Å². The van der Waals surface area contributed by atoms with Crippen molar-refractivity contribution in [3.05, 3.63) is 17.7 Å². The quantitative estimate of drug-likeness (QED) is 0.625. The standard InChI is InChI=1S/C17H25N3O6S.ClH/c1-24-15-8-13(27(22,23)20-3-5-26-6-4-20)7-14(16(15)25-2)17(21)19-11-12-9-18-10-12;/h7-8,12,18H,3-6,9-11H2,1-2H3,(H,19,21);1H. The number of sulfonamides is 1. The fourth-order valence-electron chi connectivity index (χ4n) is 3.02. The van der Waals surface area contributed by atoms with Gasteiger partial charge in [-0.2, -0.15) is 4.31 Å². The largest absolute Gasteiger partial charge is 0.493 e. The van der Waals surface area contributed by atoms with Crippen molar-refractivity contribution in [1.82, 2.24) is 14.9 Å². The lowest BCUT2D eigenvalue weighted by Gasteiger charge is -2.28. The average molecular weight is 436 g/mol. The smallest absolute Gasteiger partial charge is 0.255 e. The normalized spacial score (nSPS) is 17.9.